The van der Waals surface area contributed by atoms with Crippen molar-refractivity contribution in [2.24, 2.45) is 0 Å². The molecule has 3 heteroatoms. The summed E-state index contributed by atoms with van der Waals surface area (Å²) in [6.45, 7) is 3.66. The summed E-state index contributed by atoms with van der Waals surface area (Å²) in [6, 6.07) is 17.4. The van der Waals surface area contributed by atoms with Crippen LogP contribution in [0.5, 0.6) is 0 Å². The quantitative estimate of drug-likeness (QED) is 0.824. The van der Waals surface area contributed by atoms with Gasteiger partial charge in [0.2, 0.25) is 0 Å². The predicted molar refractivity (Wildman–Crippen MR) is 83.5 cm³/mol. The van der Waals surface area contributed by atoms with Gasteiger partial charge in [-0.15, -0.1) is 0 Å². The molecule has 0 amide bonds. The number of carbonyl (C=O) groups excluding carboxylic acids is 1. The summed E-state index contributed by atoms with van der Waals surface area (Å²) in [5.41, 5.74) is 0.435. The second-order valence-corrected chi connectivity index (χ2v) is 6.35. The maximum absolute atomic E-state index is 12.4. The van der Waals surface area contributed by atoms with Gasteiger partial charge < -0.3 is 4.74 Å². The first-order valence-electron chi connectivity index (χ1n) is 6.99. The molecule has 2 nitrogen and oxygen atoms in total. The van der Waals surface area contributed by atoms with Gasteiger partial charge in [-0.1, -0.05) is 54.1 Å². The summed E-state index contributed by atoms with van der Waals surface area (Å²) < 4.78 is 6.27. The highest BCUT2D eigenvalue weighted by atomic mass is 35.5. The highest BCUT2D eigenvalue weighted by Crippen LogP contribution is 2.47. The number of hydrogen-bond acceptors (Lipinski definition) is 2. The molecule has 0 unspecified atom stereocenters. The van der Waals surface area contributed by atoms with Crippen molar-refractivity contribution in [1.82, 2.24) is 0 Å². The van der Waals surface area contributed by atoms with Crippen LogP contribution in [0, 0.1) is 0 Å². The van der Waals surface area contributed by atoms with E-state index in [-0.39, 0.29) is 5.78 Å². The monoisotopic (exact) mass is 300 g/mol. The molecule has 1 fully saturated rings. The number of halogens is 1. The van der Waals surface area contributed by atoms with E-state index in [1.54, 1.807) is 0 Å². The maximum Gasteiger partial charge on any atom is 0.167 e. The third-order valence-electron chi connectivity index (χ3n) is 4.06. The molecule has 0 radical (unpaired) electrons. The van der Waals surface area contributed by atoms with Gasteiger partial charge in [0.25, 0.3) is 0 Å². The van der Waals surface area contributed by atoms with Gasteiger partial charge in [0, 0.05) is 11.4 Å². The first-order valence-corrected chi connectivity index (χ1v) is 7.37. The van der Waals surface area contributed by atoms with Crippen molar-refractivity contribution in [3.8, 4) is 0 Å². The van der Waals surface area contributed by atoms with Gasteiger partial charge in [-0.05, 0) is 37.1 Å². The Bertz CT molecular complexity index is 661. The summed E-state index contributed by atoms with van der Waals surface area (Å²) in [7, 11) is 0. The molecule has 1 aliphatic heterocycles. The van der Waals surface area contributed by atoms with E-state index in [4.69, 9.17) is 16.3 Å². The van der Waals surface area contributed by atoms with Crippen LogP contribution >= 0.6 is 11.6 Å². The van der Waals surface area contributed by atoms with E-state index in [0.717, 1.165) is 11.1 Å². The predicted octanol–water partition coefficient (Wildman–Crippen LogP) is 4.35. The molecular weight excluding hydrogens is 284 g/mol. The third-order valence-corrected chi connectivity index (χ3v) is 4.31. The molecule has 0 aliphatic carbocycles. The lowest BCUT2D eigenvalue weighted by Crippen LogP contribution is -2.32. The molecule has 108 valence electrons. The van der Waals surface area contributed by atoms with Crippen LogP contribution in [0.1, 0.15) is 31.4 Å². The molecule has 21 heavy (non-hydrogen) atoms. The zero-order valence-electron chi connectivity index (χ0n) is 12.1. The number of benzene rings is 2. The summed E-state index contributed by atoms with van der Waals surface area (Å²) in [5, 5.41) is 0.672. The molecule has 1 atom stereocenters. The van der Waals surface area contributed by atoms with Crippen LogP contribution < -0.4 is 0 Å². The van der Waals surface area contributed by atoms with Crippen molar-refractivity contribution in [2.75, 3.05) is 0 Å². The number of carbonyl (C=O) groups is 1. The fourth-order valence-electron chi connectivity index (χ4n) is 2.88. The molecular formula is C18H17ClO2. The Morgan fingerprint density at radius 3 is 2.05 bits per heavy atom. The van der Waals surface area contributed by atoms with E-state index in [2.05, 4.69) is 0 Å². The second-order valence-electron chi connectivity index (χ2n) is 5.91. The number of hydrogen-bond donors (Lipinski definition) is 0. The Kier molecular flexibility index (Phi) is 3.39. The first-order chi connectivity index (χ1) is 9.94. The molecule has 0 spiro atoms. The van der Waals surface area contributed by atoms with Gasteiger partial charge in [-0.3, -0.25) is 4.79 Å². The Labute approximate surface area is 129 Å². The van der Waals surface area contributed by atoms with Gasteiger partial charge in [0.15, 0.2) is 5.78 Å². The highest BCUT2D eigenvalue weighted by Gasteiger charge is 2.52. The van der Waals surface area contributed by atoms with E-state index in [0.29, 0.717) is 11.4 Å². The molecule has 2 aromatic rings. The topological polar surface area (TPSA) is 26.3 Å². The normalized spacial score (nSPS) is 24.2. The molecule has 1 saturated heterocycles. The largest absolute Gasteiger partial charge is 0.351 e. The van der Waals surface area contributed by atoms with Crippen molar-refractivity contribution in [3.05, 3.63) is 70.7 Å². The van der Waals surface area contributed by atoms with E-state index in [1.165, 1.54) is 0 Å². The Hall–Kier alpha value is -1.64. The molecule has 1 aliphatic rings. The molecule has 0 N–H and O–H groups in total. The van der Waals surface area contributed by atoms with E-state index >= 15 is 0 Å². The summed E-state index contributed by atoms with van der Waals surface area (Å²) >= 11 is 5.99. The summed E-state index contributed by atoms with van der Waals surface area (Å²) in [6.07, 6.45) is 0.339. The van der Waals surface area contributed by atoms with Crippen molar-refractivity contribution in [1.29, 1.82) is 0 Å². The third kappa shape index (κ3) is 2.39. The zero-order chi connectivity index (χ0) is 15.1. The van der Waals surface area contributed by atoms with Gasteiger partial charge in [-0.25, -0.2) is 0 Å². The van der Waals surface area contributed by atoms with Gasteiger partial charge in [-0.2, -0.15) is 0 Å². The van der Waals surface area contributed by atoms with Crippen LogP contribution in [0.15, 0.2) is 54.6 Å². The number of ketones is 1. The highest BCUT2D eigenvalue weighted by molar-refractivity contribution is 6.30. The number of Topliss-reactive ketones (excluding diaryl/α,β-unsaturated/α-hetero) is 1. The van der Waals surface area contributed by atoms with Gasteiger partial charge in [0.05, 0.1) is 0 Å². The smallest absolute Gasteiger partial charge is 0.167 e. The van der Waals surface area contributed by atoms with Crippen LogP contribution in [0.4, 0.5) is 0 Å². The SMILES string of the molecule is CC1(C)O[C@](c2ccccc2)(c2ccc(Cl)cc2)CC1=O. The lowest BCUT2D eigenvalue weighted by Gasteiger charge is -2.32. The van der Waals surface area contributed by atoms with Gasteiger partial charge >= 0.3 is 0 Å². The Morgan fingerprint density at radius 1 is 0.952 bits per heavy atom. The van der Waals surface area contributed by atoms with E-state index in [1.807, 2.05) is 68.4 Å². The second kappa shape index (κ2) is 4.97. The van der Waals surface area contributed by atoms with E-state index in [9.17, 15) is 4.79 Å². The lowest BCUT2D eigenvalue weighted by atomic mass is 9.83. The van der Waals surface area contributed by atoms with Crippen LogP contribution in [0.25, 0.3) is 0 Å². The molecule has 0 saturated carbocycles. The van der Waals surface area contributed by atoms with Crippen LogP contribution in [-0.2, 0) is 15.1 Å². The van der Waals surface area contributed by atoms with Crippen molar-refractivity contribution in [3.63, 3.8) is 0 Å². The molecule has 0 bridgehead atoms. The zero-order valence-corrected chi connectivity index (χ0v) is 12.9. The Morgan fingerprint density at radius 2 is 1.52 bits per heavy atom. The minimum atomic E-state index is -0.782. The molecule has 0 aromatic heterocycles. The fourth-order valence-corrected chi connectivity index (χ4v) is 3.01. The van der Waals surface area contributed by atoms with Crippen LogP contribution in [0.2, 0.25) is 5.02 Å². The molecule has 1 heterocycles. The minimum absolute atomic E-state index is 0.112. The minimum Gasteiger partial charge on any atom is -0.351 e. The number of ether oxygens (including phenoxy) is 1. The average Bonchev–Trinajstić information content (AvgIpc) is 2.72. The van der Waals surface area contributed by atoms with Crippen molar-refractivity contribution < 1.29 is 9.53 Å². The average molecular weight is 301 g/mol. The first kappa shape index (κ1) is 14.3. The van der Waals surface area contributed by atoms with Crippen LogP contribution in [-0.4, -0.2) is 11.4 Å². The maximum atomic E-state index is 12.4. The molecule has 3 rings (SSSR count). The fraction of sp³-hybridized carbons (Fsp3) is 0.278. The van der Waals surface area contributed by atoms with Gasteiger partial charge in [0.1, 0.15) is 11.2 Å². The van der Waals surface area contributed by atoms with E-state index < -0.39 is 11.2 Å². The van der Waals surface area contributed by atoms with Crippen molar-refractivity contribution in [2.45, 2.75) is 31.5 Å². The summed E-state index contributed by atoms with van der Waals surface area (Å²) in [4.78, 5) is 12.4. The Balaban J connectivity index is 2.17. The van der Waals surface area contributed by atoms with Crippen molar-refractivity contribution >= 4 is 17.4 Å². The lowest BCUT2D eigenvalue weighted by molar-refractivity contribution is -0.132. The standard InChI is InChI=1S/C18H17ClO2/c1-17(2)16(20)12-18(21-17,13-6-4-3-5-7-13)14-8-10-15(19)11-9-14/h3-11H,12H2,1-2H3/t18-/m1/s1. The molecule has 2 aromatic carbocycles. The summed E-state index contributed by atoms with van der Waals surface area (Å²) in [5.74, 6) is 0.112. The number of rotatable bonds is 2. The van der Waals surface area contributed by atoms with Crippen LogP contribution in [0.3, 0.4) is 0 Å².